The van der Waals surface area contributed by atoms with Crippen molar-refractivity contribution < 1.29 is 28.6 Å². The van der Waals surface area contributed by atoms with Crippen LogP contribution in [0.1, 0.15) is 34.6 Å². The Morgan fingerprint density at radius 3 is 2.58 bits per heavy atom. The molecule has 1 amide bonds. The van der Waals surface area contributed by atoms with Gasteiger partial charge in [0.1, 0.15) is 5.75 Å². The molecule has 0 saturated heterocycles. The summed E-state index contributed by atoms with van der Waals surface area (Å²) in [6, 6.07) is 20.6. The number of aryl methyl sites for hydroxylation is 1. The molecule has 7 heteroatoms. The van der Waals surface area contributed by atoms with Crippen LogP contribution < -0.4 is 14.4 Å². The molecule has 7 nitrogen and oxygen atoms in total. The molecule has 0 radical (unpaired) electrons. The van der Waals surface area contributed by atoms with Crippen molar-refractivity contribution in [3.8, 4) is 11.5 Å². The highest BCUT2D eigenvalue weighted by Gasteiger charge is 2.46. The van der Waals surface area contributed by atoms with E-state index in [9.17, 15) is 14.7 Å². The fraction of sp³-hybridized carbons (Fsp3) is 0.172. The molecule has 0 bridgehead atoms. The zero-order valence-corrected chi connectivity index (χ0v) is 20.1. The molecule has 1 unspecified atom stereocenters. The summed E-state index contributed by atoms with van der Waals surface area (Å²) in [5, 5.41) is 11.7. The number of furan rings is 1. The molecule has 0 spiro atoms. The number of ether oxygens (including phenoxy) is 2. The van der Waals surface area contributed by atoms with Crippen molar-refractivity contribution in [3.05, 3.63) is 101 Å². The van der Waals surface area contributed by atoms with Crippen LogP contribution in [0.5, 0.6) is 11.5 Å². The number of carbonyl (C=O) groups excluding carboxylic acids is 2. The van der Waals surface area contributed by atoms with Crippen LogP contribution >= 0.6 is 0 Å². The number of rotatable bonds is 7. The fourth-order valence-corrected chi connectivity index (χ4v) is 4.62. The Labute approximate surface area is 208 Å². The van der Waals surface area contributed by atoms with E-state index >= 15 is 0 Å². The average Bonchev–Trinajstić information content (AvgIpc) is 3.43. The second-order valence-corrected chi connectivity index (χ2v) is 8.45. The number of nitrogens with zero attached hydrogens (tertiary/aromatic N) is 1. The molecule has 1 aromatic heterocycles. The van der Waals surface area contributed by atoms with Gasteiger partial charge < -0.3 is 19.0 Å². The van der Waals surface area contributed by atoms with Crippen LogP contribution in [0.15, 0.2) is 88.5 Å². The lowest BCUT2D eigenvalue weighted by Gasteiger charge is -2.28. The van der Waals surface area contributed by atoms with E-state index in [0.29, 0.717) is 40.3 Å². The van der Waals surface area contributed by atoms with Crippen LogP contribution in [0.25, 0.3) is 11.0 Å². The second-order valence-electron chi connectivity index (χ2n) is 8.45. The van der Waals surface area contributed by atoms with Crippen LogP contribution in [0.3, 0.4) is 0 Å². The molecule has 0 fully saturated rings. The van der Waals surface area contributed by atoms with Gasteiger partial charge in [0.2, 0.25) is 5.78 Å². The highest BCUT2D eigenvalue weighted by molar-refractivity contribution is 6.20. The first kappa shape index (κ1) is 23.2. The van der Waals surface area contributed by atoms with Gasteiger partial charge in [0.15, 0.2) is 22.9 Å². The van der Waals surface area contributed by atoms with Crippen molar-refractivity contribution in [2.24, 2.45) is 0 Å². The van der Waals surface area contributed by atoms with Gasteiger partial charge >= 0.3 is 0 Å². The van der Waals surface area contributed by atoms with Crippen LogP contribution in [0, 0.1) is 6.92 Å². The summed E-state index contributed by atoms with van der Waals surface area (Å²) in [5.41, 5.74) is 2.46. The van der Waals surface area contributed by atoms with E-state index in [-0.39, 0.29) is 11.3 Å². The third kappa shape index (κ3) is 3.79. The number of para-hydroxylation sites is 1. The molecule has 3 aromatic carbocycles. The first-order chi connectivity index (χ1) is 17.4. The predicted octanol–water partition coefficient (Wildman–Crippen LogP) is 5.93. The smallest absolute Gasteiger partial charge is 0.294 e. The van der Waals surface area contributed by atoms with Crippen LogP contribution in [0.2, 0.25) is 0 Å². The fourth-order valence-electron chi connectivity index (χ4n) is 4.62. The molecule has 182 valence electrons. The van der Waals surface area contributed by atoms with Crippen LogP contribution in [-0.4, -0.2) is 30.5 Å². The van der Waals surface area contributed by atoms with Crippen molar-refractivity contribution in [2.45, 2.75) is 19.9 Å². The molecule has 2 heterocycles. The SMILES string of the molecule is CCOc1cccc(N2C(=O)C(O)=C(C(=O)c3cc4cccc(OC)c4o3)C2c2ccccc2C)c1. The number of benzene rings is 3. The first-order valence-corrected chi connectivity index (χ1v) is 11.6. The average molecular weight is 484 g/mol. The lowest BCUT2D eigenvalue weighted by atomic mass is 9.92. The minimum atomic E-state index is -0.863. The van der Waals surface area contributed by atoms with E-state index in [1.807, 2.05) is 38.1 Å². The largest absolute Gasteiger partial charge is 0.503 e. The highest BCUT2D eigenvalue weighted by Crippen LogP contribution is 2.44. The minimum absolute atomic E-state index is 0.00681. The number of amides is 1. The molecule has 1 atom stereocenters. The van der Waals surface area contributed by atoms with Crippen molar-refractivity contribution in [1.82, 2.24) is 0 Å². The highest BCUT2D eigenvalue weighted by atomic mass is 16.5. The number of aliphatic hydroxyl groups excluding tert-OH is 1. The molecule has 0 saturated carbocycles. The number of fused-ring (bicyclic) bond motifs is 1. The number of methoxy groups -OCH3 is 1. The summed E-state index contributed by atoms with van der Waals surface area (Å²) >= 11 is 0. The number of carbonyl (C=O) groups is 2. The van der Waals surface area contributed by atoms with Gasteiger partial charge in [-0.1, -0.05) is 42.5 Å². The van der Waals surface area contributed by atoms with E-state index in [4.69, 9.17) is 13.9 Å². The van der Waals surface area contributed by atoms with E-state index in [0.717, 1.165) is 5.56 Å². The predicted molar refractivity (Wildman–Crippen MR) is 136 cm³/mol. The lowest BCUT2D eigenvalue weighted by Crippen LogP contribution is -2.31. The van der Waals surface area contributed by atoms with E-state index in [1.54, 1.807) is 48.5 Å². The van der Waals surface area contributed by atoms with Gasteiger partial charge in [-0.15, -0.1) is 0 Å². The maximum atomic E-state index is 13.9. The quantitative estimate of drug-likeness (QED) is 0.328. The minimum Gasteiger partial charge on any atom is -0.503 e. The Morgan fingerprint density at radius 1 is 1.06 bits per heavy atom. The molecule has 4 aromatic rings. The maximum absolute atomic E-state index is 13.9. The van der Waals surface area contributed by atoms with Gasteiger partial charge in [-0.25, -0.2) is 0 Å². The van der Waals surface area contributed by atoms with Crippen LogP contribution in [-0.2, 0) is 4.79 Å². The molecule has 1 N–H and O–H groups in total. The summed E-state index contributed by atoms with van der Waals surface area (Å²) in [6.45, 7) is 4.23. The van der Waals surface area contributed by atoms with Gasteiger partial charge in [-0.3, -0.25) is 14.5 Å². The Hall–Kier alpha value is -4.52. The summed E-state index contributed by atoms with van der Waals surface area (Å²) in [5.74, 6) is -0.786. The first-order valence-electron chi connectivity index (χ1n) is 11.6. The summed E-state index contributed by atoms with van der Waals surface area (Å²) < 4.78 is 16.9. The molecule has 0 aliphatic carbocycles. The molecule has 1 aliphatic heterocycles. The Balaban J connectivity index is 1.66. The Morgan fingerprint density at radius 2 is 1.83 bits per heavy atom. The zero-order valence-electron chi connectivity index (χ0n) is 20.1. The number of aliphatic hydroxyl groups is 1. The Bertz CT molecular complexity index is 1520. The number of hydrogen-bond donors (Lipinski definition) is 1. The summed E-state index contributed by atoms with van der Waals surface area (Å²) in [4.78, 5) is 28.7. The van der Waals surface area contributed by atoms with Crippen molar-refractivity contribution in [1.29, 1.82) is 0 Å². The van der Waals surface area contributed by atoms with E-state index in [2.05, 4.69) is 0 Å². The molecule has 36 heavy (non-hydrogen) atoms. The third-order valence-electron chi connectivity index (χ3n) is 6.29. The van der Waals surface area contributed by atoms with Gasteiger partial charge in [0, 0.05) is 17.1 Å². The second kappa shape index (κ2) is 9.26. The molecular weight excluding hydrogens is 458 g/mol. The molecular formula is C29H25NO6. The third-order valence-corrected chi connectivity index (χ3v) is 6.29. The lowest BCUT2D eigenvalue weighted by molar-refractivity contribution is -0.117. The van der Waals surface area contributed by atoms with Gasteiger partial charge in [-0.2, -0.15) is 0 Å². The summed E-state index contributed by atoms with van der Waals surface area (Å²) in [6.07, 6.45) is 0. The normalized spacial score (nSPS) is 15.6. The van der Waals surface area contributed by atoms with E-state index in [1.165, 1.54) is 12.0 Å². The number of Topliss-reactive ketones (excluding diaryl/α,β-unsaturated/α-hetero) is 1. The van der Waals surface area contributed by atoms with Gasteiger partial charge in [0.05, 0.1) is 25.3 Å². The molecule has 5 rings (SSSR count). The Kier molecular flexibility index (Phi) is 5.98. The monoisotopic (exact) mass is 483 g/mol. The van der Waals surface area contributed by atoms with Crippen molar-refractivity contribution in [2.75, 3.05) is 18.6 Å². The standard InChI is InChI=1S/C29H25NO6/c1-4-35-20-12-8-11-19(16-20)30-25(21-13-6-5-9-17(21)2)24(27(32)29(30)33)26(31)23-15-18-10-7-14-22(34-3)28(18)36-23/h5-16,25,32H,4H2,1-3H3. The van der Waals surface area contributed by atoms with E-state index < -0.39 is 23.5 Å². The van der Waals surface area contributed by atoms with Crippen molar-refractivity contribution >= 4 is 28.3 Å². The number of anilines is 1. The zero-order chi connectivity index (χ0) is 25.4. The maximum Gasteiger partial charge on any atom is 0.294 e. The van der Waals surface area contributed by atoms with Crippen LogP contribution in [0.4, 0.5) is 5.69 Å². The summed E-state index contributed by atoms with van der Waals surface area (Å²) in [7, 11) is 1.52. The topological polar surface area (TPSA) is 89.2 Å². The molecule has 1 aliphatic rings. The van der Waals surface area contributed by atoms with Gasteiger partial charge in [-0.05, 0) is 49.2 Å². The number of hydrogen-bond acceptors (Lipinski definition) is 6. The van der Waals surface area contributed by atoms with Gasteiger partial charge in [0.25, 0.3) is 5.91 Å². The number of ketones is 1. The van der Waals surface area contributed by atoms with Crippen molar-refractivity contribution in [3.63, 3.8) is 0 Å².